The molecule has 3 aromatic rings. The molecule has 0 radical (unpaired) electrons. The predicted molar refractivity (Wildman–Crippen MR) is 85.8 cm³/mol. The molecule has 1 N–H and O–H groups in total. The van der Waals surface area contributed by atoms with E-state index in [0.717, 1.165) is 28.2 Å². The number of nitrogens with zero attached hydrogens (tertiary/aromatic N) is 1. The second-order valence-electron chi connectivity index (χ2n) is 4.10. The number of nitrogens with one attached hydrogen (secondary N) is 1. The summed E-state index contributed by atoms with van der Waals surface area (Å²) in [6.45, 7) is 0. The third-order valence-corrected chi connectivity index (χ3v) is 3.81. The van der Waals surface area contributed by atoms with E-state index in [2.05, 4.69) is 38.6 Å². The minimum absolute atomic E-state index is 0.586. The summed E-state index contributed by atoms with van der Waals surface area (Å²) in [6.07, 6.45) is 0. The van der Waals surface area contributed by atoms with Crippen LogP contribution in [0.2, 0.25) is 5.02 Å². The number of imidazole rings is 1. The first-order chi connectivity index (χ1) is 9.17. The minimum atomic E-state index is 0.586. The monoisotopic (exact) mass is 384 g/mol. The van der Waals surface area contributed by atoms with Crippen LogP contribution in [0.4, 0.5) is 0 Å². The van der Waals surface area contributed by atoms with Crippen LogP contribution in [0.15, 0.2) is 36.4 Å². The number of methoxy groups -OCH3 is 1. The van der Waals surface area contributed by atoms with Crippen LogP contribution in [0.5, 0.6) is 5.75 Å². The molecule has 0 aliphatic heterocycles. The van der Waals surface area contributed by atoms with Gasteiger partial charge in [0.05, 0.1) is 17.6 Å². The van der Waals surface area contributed by atoms with Crippen molar-refractivity contribution in [3.05, 3.63) is 45.0 Å². The van der Waals surface area contributed by atoms with E-state index < -0.39 is 0 Å². The van der Waals surface area contributed by atoms with E-state index in [0.29, 0.717) is 5.02 Å². The van der Waals surface area contributed by atoms with E-state index in [4.69, 9.17) is 16.3 Å². The van der Waals surface area contributed by atoms with Gasteiger partial charge in [0.15, 0.2) is 0 Å². The Kier molecular flexibility index (Phi) is 3.36. The number of rotatable bonds is 2. The van der Waals surface area contributed by atoms with Crippen molar-refractivity contribution in [2.75, 3.05) is 7.11 Å². The van der Waals surface area contributed by atoms with Crippen molar-refractivity contribution in [2.24, 2.45) is 0 Å². The Morgan fingerprint density at radius 2 is 2.11 bits per heavy atom. The molecule has 96 valence electrons. The van der Waals surface area contributed by atoms with E-state index in [1.165, 1.54) is 3.57 Å². The lowest BCUT2D eigenvalue weighted by Gasteiger charge is -1.99. The zero-order valence-corrected chi connectivity index (χ0v) is 13.0. The van der Waals surface area contributed by atoms with Crippen LogP contribution in [0, 0.1) is 3.57 Å². The van der Waals surface area contributed by atoms with Crippen LogP contribution in [-0.4, -0.2) is 17.1 Å². The van der Waals surface area contributed by atoms with Crippen molar-refractivity contribution in [1.82, 2.24) is 9.97 Å². The van der Waals surface area contributed by atoms with Crippen molar-refractivity contribution >= 4 is 45.2 Å². The van der Waals surface area contributed by atoms with Gasteiger partial charge in [0.1, 0.15) is 17.1 Å². The molecule has 0 aliphatic carbocycles. The molecule has 0 aliphatic rings. The Hall–Kier alpha value is -1.27. The third-order valence-electron chi connectivity index (χ3n) is 2.85. The molecule has 3 nitrogen and oxygen atoms in total. The Bertz CT molecular complexity index is 754. The summed E-state index contributed by atoms with van der Waals surface area (Å²) in [7, 11) is 1.62. The number of aromatic amines is 1. The molecule has 0 fully saturated rings. The fourth-order valence-electron chi connectivity index (χ4n) is 1.94. The summed E-state index contributed by atoms with van der Waals surface area (Å²) in [4.78, 5) is 7.83. The molecule has 0 saturated carbocycles. The largest absolute Gasteiger partial charge is 0.497 e. The lowest BCUT2D eigenvalue weighted by Crippen LogP contribution is -1.82. The predicted octanol–water partition coefficient (Wildman–Crippen LogP) is 4.50. The Morgan fingerprint density at radius 1 is 1.26 bits per heavy atom. The number of benzene rings is 2. The second-order valence-corrected chi connectivity index (χ2v) is 5.75. The van der Waals surface area contributed by atoms with E-state index >= 15 is 0 Å². The van der Waals surface area contributed by atoms with Gasteiger partial charge in [0.2, 0.25) is 0 Å². The maximum absolute atomic E-state index is 6.21. The molecule has 0 amide bonds. The molecule has 0 bridgehead atoms. The number of fused-ring (bicyclic) bond motifs is 1. The van der Waals surface area contributed by atoms with Crippen LogP contribution in [0.25, 0.3) is 22.4 Å². The fourth-order valence-corrected chi connectivity index (χ4v) is 2.74. The minimum Gasteiger partial charge on any atom is -0.497 e. The average Bonchev–Trinajstić information content (AvgIpc) is 2.83. The normalized spacial score (nSPS) is 10.9. The van der Waals surface area contributed by atoms with Crippen molar-refractivity contribution in [3.63, 3.8) is 0 Å². The average molecular weight is 385 g/mol. The second kappa shape index (κ2) is 5.02. The molecule has 2 aromatic carbocycles. The number of aromatic nitrogens is 2. The molecule has 5 heteroatoms. The molecule has 0 spiro atoms. The van der Waals surface area contributed by atoms with Crippen molar-refractivity contribution < 1.29 is 4.74 Å². The molecule has 3 rings (SSSR count). The number of hydrogen-bond donors (Lipinski definition) is 1. The van der Waals surface area contributed by atoms with Crippen LogP contribution >= 0.6 is 34.2 Å². The highest BCUT2D eigenvalue weighted by atomic mass is 127. The van der Waals surface area contributed by atoms with Crippen LogP contribution in [-0.2, 0) is 0 Å². The maximum atomic E-state index is 6.21. The van der Waals surface area contributed by atoms with Gasteiger partial charge in [-0.05, 0) is 34.7 Å². The zero-order valence-electron chi connectivity index (χ0n) is 10.1. The lowest BCUT2D eigenvalue weighted by molar-refractivity contribution is 0.415. The SMILES string of the molecule is COc1cc(Cl)c2nc(-c3cccc(I)c3)[nH]c2c1. The summed E-state index contributed by atoms with van der Waals surface area (Å²) in [6, 6.07) is 11.8. The van der Waals surface area contributed by atoms with Gasteiger partial charge in [-0.25, -0.2) is 4.98 Å². The van der Waals surface area contributed by atoms with Gasteiger partial charge in [0, 0.05) is 21.3 Å². The van der Waals surface area contributed by atoms with Gasteiger partial charge >= 0.3 is 0 Å². The van der Waals surface area contributed by atoms with Gasteiger partial charge < -0.3 is 9.72 Å². The number of ether oxygens (including phenoxy) is 1. The third kappa shape index (κ3) is 2.42. The Morgan fingerprint density at radius 3 is 2.84 bits per heavy atom. The number of halogens is 2. The smallest absolute Gasteiger partial charge is 0.138 e. The molecule has 19 heavy (non-hydrogen) atoms. The van der Waals surface area contributed by atoms with Crippen molar-refractivity contribution in [2.45, 2.75) is 0 Å². The highest BCUT2D eigenvalue weighted by Crippen LogP contribution is 2.30. The summed E-state index contributed by atoms with van der Waals surface area (Å²) in [5, 5.41) is 0.586. The Balaban J connectivity index is 2.19. The molecular formula is C14H10ClIN2O. The molecule has 1 aromatic heterocycles. The van der Waals surface area contributed by atoms with E-state index in [1.807, 2.05) is 24.3 Å². The van der Waals surface area contributed by atoms with Crippen molar-refractivity contribution in [1.29, 1.82) is 0 Å². The van der Waals surface area contributed by atoms with E-state index in [-0.39, 0.29) is 0 Å². The highest BCUT2D eigenvalue weighted by molar-refractivity contribution is 14.1. The van der Waals surface area contributed by atoms with Gasteiger partial charge in [-0.2, -0.15) is 0 Å². The summed E-state index contributed by atoms with van der Waals surface area (Å²) in [5.74, 6) is 1.53. The number of H-pyrrole nitrogens is 1. The quantitative estimate of drug-likeness (QED) is 0.661. The van der Waals surface area contributed by atoms with Crippen LogP contribution in [0.3, 0.4) is 0 Å². The van der Waals surface area contributed by atoms with Gasteiger partial charge in [-0.1, -0.05) is 23.7 Å². The van der Waals surface area contributed by atoms with E-state index in [9.17, 15) is 0 Å². The first-order valence-corrected chi connectivity index (χ1v) is 7.12. The summed E-state index contributed by atoms with van der Waals surface area (Å²) >= 11 is 8.49. The van der Waals surface area contributed by atoms with E-state index in [1.54, 1.807) is 13.2 Å². The van der Waals surface area contributed by atoms with Gasteiger partial charge in [0.25, 0.3) is 0 Å². The summed E-state index contributed by atoms with van der Waals surface area (Å²) < 4.78 is 6.37. The molecular weight excluding hydrogens is 375 g/mol. The number of hydrogen-bond acceptors (Lipinski definition) is 2. The standard InChI is InChI=1S/C14H10ClIN2O/c1-19-10-6-11(15)13-12(7-10)17-14(18-13)8-3-2-4-9(16)5-8/h2-7H,1H3,(H,17,18). The first kappa shape index (κ1) is 12.7. The van der Waals surface area contributed by atoms with Crippen LogP contribution < -0.4 is 4.74 Å². The zero-order chi connectivity index (χ0) is 13.4. The van der Waals surface area contributed by atoms with Crippen LogP contribution in [0.1, 0.15) is 0 Å². The summed E-state index contributed by atoms with van der Waals surface area (Å²) in [5.41, 5.74) is 2.67. The fraction of sp³-hybridized carbons (Fsp3) is 0.0714. The lowest BCUT2D eigenvalue weighted by atomic mass is 10.2. The van der Waals surface area contributed by atoms with Crippen molar-refractivity contribution in [3.8, 4) is 17.1 Å². The molecule has 0 atom stereocenters. The highest BCUT2D eigenvalue weighted by Gasteiger charge is 2.10. The maximum Gasteiger partial charge on any atom is 0.138 e. The molecule has 0 unspecified atom stereocenters. The Labute approximate surface area is 129 Å². The van der Waals surface area contributed by atoms with Gasteiger partial charge in [-0.3, -0.25) is 0 Å². The topological polar surface area (TPSA) is 37.9 Å². The molecule has 0 saturated heterocycles. The first-order valence-electron chi connectivity index (χ1n) is 5.66. The van der Waals surface area contributed by atoms with Gasteiger partial charge in [-0.15, -0.1) is 0 Å². The molecule has 1 heterocycles.